The molecule has 0 radical (unpaired) electrons. The topological polar surface area (TPSA) is 69.5 Å². The standard InChI is InChI=1S/C19H13N3O/c20-13-15(10-6-9-14-7-2-1-3-8-14)18-21-17-12-5-4-11-16(17)19(23)22-18/h1-12H,(H,21,22,23)/b9-6+,15-10-. The molecule has 0 saturated carbocycles. The largest absolute Gasteiger partial charge is 0.305 e. The fourth-order valence-corrected chi connectivity index (χ4v) is 2.20. The third-order valence-corrected chi connectivity index (χ3v) is 3.34. The van der Waals surface area contributed by atoms with Crippen LogP contribution in [0.2, 0.25) is 0 Å². The van der Waals surface area contributed by atoms with E-state index < -0.39 is 0 Å². The van der Waals surface area contributed by atoms with Gasteiger partial charge in [0.15, 0.2) is 5.82 Å². The second-order valence-electron chi connectivity index (χ2n) is 4.89. The SMILES string of the molecule is N#C/C(=C/C=C/c1ccccc1)c1nc2ccccc2c(=O)[nH]1. The second-order valence-corrected chi connectivity index (χ2v) is 4.89. The van der Waals surface area contributed by atoms with Gasteiger partial charge in [0.05, 0.1) is 16.5 Å². The fourth-order valence-electron chi connectivity index (χ4n) is 2.20. The highest BCUT2D eigenvalue weighted by Crippen LogP contribution is 2.12. The molecule has 0 atom stereocenters. The van der Waals surface area contributed by atoms with E-state index in [-0.39, 0.29) is 11.4 Å². The van der Waals surface area contributed by atoms with Gasteiger partial charge in [0.1, 0.15) is 6.07 Å². The van der Waals surface area contributed by atoms with Crippen LogP contribution in [0.15, 0.2) is 71.5 Å². The number of benzene rings is 2. The second kappa shape index (κ2) is 6.54. The van der Waals surface area contributed by atoms with E-state index in [0.29, 0.717) is 16.5 Å². The van der Waals surface area contributed by atoms with Gasteiger partial charge in [-0.25, -0.2) is 4.98 Å². The van der Waals surface area contributed by atoms with Gasteiger partial charge >= 0.3 is 0 Å². The van der Waals surface area contributed by atoms with E-state index in [1.54, 1.807) is 30.4 Å². The predicted octanol–water partition coefficient (Wildman–Crippen LogP) is 3.54. The zero-order valence-electron chi connectivity index (χ0n) is 12.2. The molecule has 1 N–H and O–H groups in total. The van der Waals surface area contributed by atoms with Crippen molar-refractivity contribution in [2.24, 2.45) is 0 Å². The molecule has 0 aliphatic carbocycles. The molecular formula is C19H13N3O. The minimum Gasteiger partial charge on any atom is -0.305 e. The first-order chi connectivity index (χ1) is 11.3. The van der Waals surface area contributed by atoms with Gasteiger partial charge in [-0.3, -0.25) is 4.79 Å². The third kappa shape index (κ3) is 3.25. The van der Waals surface area contributed by atoms with Gasteiger partial charge in [0.25, 0.3) is 5.56 Å². The maximum Gasteiger partial charge on any atom is 0.259 e. The summed E-state index contributed by atoms with van der Waals surface area (Å²) in [6.07, 6.45) is 5.29. The van der Waals surface area contributed by atoms with Crippen molar-refractivity contribution >= 4 is 22.6 Å². The molecule has 4 nitrogen and oxygen atoms in total. The van der Waals surface area contributed by atoms with E-state index in [1.165, 1.54) is 0 Å². The van der Waals surface area contributed by atoms with Gasteiger partial charge in [-0.05, 0) is 23.8 Å². The van der Waals surface area contributed by atoms with Crippen LogP contribution in [0.4, 0.5) is 0 Å². The van der Waals surface area contributed by atoms with E-state index in [0.717, 1.165) is 5.56 Å². The zero-order chi connectivity index (χ0) is 16.1. The van der Waals surface area contributed by atoms with E-state index in [1.807, 2.05) is 42.5 Å². The highest BCUT2D eigenvalue weighted by Gasteiger charge is 2.06. The highest BCUT2D eigenvalue weighted by atomic mass is 16.1. The molecule has 0 unspecified atom stereocenters. The molecule has 2 aromatic carbocycles. The molecule has 0 bridgehead atoms. The summed E-state index contributed by atoms with van der Waals surface area (Å²) >= 11 is 0. The number of nitrogens with zero attached hydrogens (tertiary/aromatic N) is 2. The Balaban J connectivity index is 1.98. The smallest absolute Gasteiger partial charge is 0.259 e. The Labute approximate surface area is 133 Å². The lowest BCUT2D eigenvalue weighted by Crippen LogP contribution is -2.11. The number of aromatic amines is 1. The first-order valence-electron chi connectivity index (χ1n) is 7.11. The van der Waals surface area contributed by atoms with Gasteiger partial charge in [-0.1, -0.05) is 54.6 Å². The van der Waals surface area contributed by atoms with Crippen molar-refractivity contribution in [2.45, 2.75) is 0 Å². The van der Waals surface area contributed by atoms with Crippen LogP contribution in [0.3, 0.4) is 0 Å². The van der Waals surface area contributed by atoms with E-state index >= 15 is 0 Å². The lowest BCUT2D eigenvalue weighted by atomic mass is 10.2. The number of H-pyrrole nitrogens is 1. The summed E-state index contributed by atoms with van der Waals surface area (Å²) in [7, 11) is 0. The van der Waals surface area contributed by atoms with Gasteiger partial charge in [0, 0.05) is 0 Å². The minimum absolute atomic E-state index is 0.251. The summed E-state index contributed by atoms with van der Waals surface area (Å²) in [5.74, 6) is 0.272. The number of rotatable bonds is 3. The third-order valence-electron chi connectivity index (χ3n) is 3.34. The fraction of sp³-hybridized carbons (Fsp3) is 0. The number of nitriles is 1. The summed E-state index contributed by atoms with van der Waals surface area (Å²) in [6.45, 7) is 0. The van der Waals surface area contributed by atoms with Crippen LogP contribution < -0.4 is 5.56 Å². The molecule has 0 aliphatic heterocycles. The summed E-state index contributed by atoms with van der Waals surface area (Å²) in [5, 5.41) is 9.83. The van der Waals surface area contributed by atoms with Gasteiger partial charge in [-0.15, -0.1) is 0 Å². The van der Waals surface area contributed by atoms with Crippen LogP contribution >= 0.6 is 0 Å². The molecular weight excluding hydrogens is 286 g/mol. The Kier molecular flexibility index (Phi) is 4.12. The number of fused-ring (bicyclic) bond motifs is 1. The number of hydrogen-bond acceptors (Lipinski definition) is 3. The monoisotopic (exact) mass is 299 g/mol. The first kappa shape index (κ1) is 14.5. The van der Waals surface area contributed by atoms with Gasteiger partial charge in [0.2, 0.25) is 0 Å². The van der Waals surface area contributed by atoms with Crippen molar-refractivity contribution in [3.63, 3.8) is 0 Å². The lowest BCUT2D eigenvalue weighted by molar-refractivity contribution is 1.13. The molecule has 1 aromatic heterocycles. The number of hydrogen-bond donors (Lipinski definition) is 1. The summed E-state index contributed by atoms with van der Waals surface area (Å²) in [4.78, 5) is 19.1. The summed E-state index contributed by atoms with van der Waals surface area (Å²) < 4.78 is 0. The molecule has 0 aliphatic rings. The Morgan fingerprint density at radius 1 is 1.09 bits per heavy atom. The van der Waals surface area contributed by atoms with Crippen molar-refractivity contribution < 1.29 is 0 Å². The van der Waals surface area contributed by atoms with Crippen LogP contribution in [0, 0.1) is 11.3 Å². The van der Waals surface area contributed by atoms with E-state index in [2.05, 4.69) is 16.0 Å². The van der Waals surface area contributed by atoms with Crippen LogP contribution in [-0.4, -0.2) is 9.97 Å². The number of allylic oxidation sites excluding steroid dienone is 3. The molecule has 0 spiro atoms. The molecule has 0 saturated heterocycles. The molecule has 23 heavy (non-hydrogen) atoms. The van der Waals surface area contributed by atoms with Crippen molar-refractivity contribution in [1.82, 2.24) is 9.97 Å². The summed E-state index contributed by atoms with van der Waals surface area (Å²) in [6, 6.07) is 18.9. The molecule has 3 aromatic rings. The molecule has 0 amide bonds. The normalized spacial score (nSPS) is 11.7. The van der Waals surface area contributed by atoms with Crippen molar-refractivity contribution in [1.29, 1.82) is 5.26 Å². The Bertz CT molecular complexity index is 992. The molecule has 4 heteroatoms. The van der Waals surface area contributed by atoms with Gasteiger partial charge in [-0.2, -0.15) is 5.26 Å². The number of nitrogens with one attached hydrogen (secondary N) is 1. The Hall–Kier alpha value is -3.45. The van der Waals surface area contributed by atoms with E-state index in [4.69, 9.17) is 0 Å². The van der Waals surface area contributed by atoms with Crippen LogP contribution in [-0.2, 0) is 0 Å². The van der Waals surface area contributed by atoms with Crippen molar-refractivity contribution in [3.8, 4) is 6.07 Å². The average Bonchev–Trinajstić information content (AvgIpc) is 2.59. The highest BCUT2D eigenvalue weighted by molar-refractivity contribution is 5.81. The predicted molar refractivity (Wildman–Crippen MR) is 91.4 cm³/mol. The van der Waals surface area contributed by atoms with Crippen molar-refractivity contribution in [2.75, 3.05) is 0 Å². The van der Waals surface area contributed by atoms with E-state index in [9.17, 15) is 10.1 Å². The average molecular weight is 299 g/mol. The lowest BCUT2D eigenvalue weighted by Gasteiger charge is -2.00. The summed E-state index contributed by atoms with van der Waals surface area (Å²) in [5.41, 5.74) is 1.65. The first-order valence-corrected chi connectivity index (χ1v) is 7.11. The van der Waals surface area contributed by atoms with Crippen LogP contribution in [0.1, 0.15) is 11.4 Å². The maximum atomic E-state index is 12.1. The van der Waals surface area contributed by atoms with Crippen molar-refractivity contribution in [3.05, 3.63) is 88.5 Å². The minimum atomic E-state index is -0.251. The quantitative estimate of drug-likeness (QED) is 0.594. The Morgan fingerprint density at radius 2 is 1.83 bits per heavy atom. The molecule has 110 valence electrons. The number of para-hydroxylation sites is 1. The molecule has 0 fully saturated rings. The zero-order valence-corrected chi connectivity index (χ0v) is 12.2. The Morgan fingerprint density at radius 3 is 2.61 bits per heavy atom. The maximum absolute atomic E-state index is 12.1. The number of aromatic nitrogens is 2. The van der Waals surface area contributed by atoms with Gasteiger partial charge < -0.3 is 4.98 Å². The van der Waals surface area contributed by atoms with Crippen LogP contribution in [0.5, 0.6) is 0 Å². The molecule has 1 heterocycles. The van der Waals surface area contributed by atoms with Crippen LogP contribution in [0.25, 0.3) is 22.6 Å². The molecule has 3 rings (SSSR count).